The number of anilines is 1. The zero-order valence-corrected chi connectivity index (χ0v) is 12.0. The Labute approximate surface area is 119 Å². The van der Waals surface area contributed by atoms with Gasteiger partial charge in [-0.05, 0) is 30.9 Å². The highest BCUT2D eigenvalue weighted by Crippen LogP contribution is 2.44. The van der Waals surface area contributed by atoms with Gasteiger partial charge in [-0.25, -0.2) is 0 Å². The lowest BCUT2D eigenvalue weighted by atomic mass is 9.73. The fourth-order valence-electron chi connectivity index (χ4n) is 3.55. The summed E-state index contributed by atoms with van der Waals surface area (Å²) in [5, 5.41) is 0.750. The Morgan fingerprint density at radius 3 is 2.89 bits per heavy atom. The van der Waals surface area contributed by atoms with Crippen molar-refractivity contribution in [2.45, 2.75) is 38.1 Å². The lowest BCUT2D eigenvalue weighted by Crippen LogP contribution is -2.57. The minimum Gasteiger partial charge on any atom is -0.369 e. The average molecular weight is 278 g/mol. The van der Waals surface area contributed by atoms with Crippen molar-refractivity contribution in [2.75, 3.05) is 11.4 Å². The van der Waals surface area contributed by atoms with Crippen molar-refractivity contribution in [1.29, 1.82) is 0 Å². The van der Waals surface area contributed by atoms with E-state index in [9.17, 15) is 0 Å². The van der Waals surface area contributed by atoms with Crippen LogP contribution in [0.25, 0.3) is 0 Å². The van der Waals surface area contributed by atoms with Crippen molar-refractivity contribution >= 4 is 23.2 Å². The van der Waals surface area contributed by atoms with Crippen LogP contribution in [0.1, 0.15) is 32.6 Å². The Morgan fingerprint density at radius 2 is 2.16 bits per heavy atom. The minimum atomic E-state index is 0.0350. The summed E-state index contributed by atoms with van der Waals surface area (Å²) in [7, 11) is 0. The van der Waals surface area contributed by atoms with E-state index in [1.54, 1.807) is 0 Å². The lowest BCUT2D eigenvalue weighted by molar-refractivity contribution is 0.224. The average Bonchev–Trinajstić information content (AvgIpc) is 2.73. The van der Waals surface area contributed by atoms with Crippen LogP contribution in [0, 0.1) is 5.92 Å². The molecule has 2 atom stereocenters. The molecule has 1 aromatic carbocycles. The van der Waals surface area contributed by atoms with Crippen LogP contribution in [0.3, 0.4) is 0 Å². The molecule has 1 aliphatic carbocycles. The third-order valence-corrected chi connectivity index (χ3v) is 5.02. The minimum absolute atomic E-state index is 0.0350. The molecule has 2 unspecified atom stereocenters. The van der Waals surface area contributed by atoms with Gasteiger partial charge >= 0.3 is 0 Å². The fourth-order valence-corrected chi connectivity index (χ4v) is 3.77. The number of para-hydroxylation sites is 1. The monoisotopic (exact) mass is 277 g/mol. The van der Waals surface area contributed by atoms with Crippen molar-refractivity contribution in [1.82, 2.24) is 0 Å². The van der Waals surface area contributed by atoms with E-state index in [0.29, 0.717) is 11.9 Å². The highest BCUT2D eigenvalue weighted by Gasteiger charge is 2.48. The molecule has 1 fully saturated rings. The number of nitrogens with zero attached hydrogens (tertiary/aromatic N) is 2. The smallest absolute Gasteiger partial charge is 0.196 e. The first-order chi connectivity index (χ1) is 9.15. The molecule has 4 heteroatoms. The molecule has 0 aromatic heterocycles. The quantitative estimate of drug-likeness (QED) is 0.854. The van der Waals surface area contributed by atoms with E-state index in [1.807, 2.05) is 24.3 Å². The molecule has 102 valence electrons. The summed E-state index contributed by atoms with van der Waals surface area (Å²) >= 11 is 6.37. The standard InChI is InChI=1S/C15H20ClN3/c1-11-6-4-5-9-15(11)10-18-14(17)19(15)13-8-3-2-7-12(13)16/h2-3,7-8,11H,4-6,9-10H2,1H3,(H2,17,18). The van der Waals surface area contributed by atoms with Gasteiger partial charge in [-0.1, -0.05) is 43.5 Å². The molecule has 1 aromatic rings. The summed E-state index contributed by atoms with van der Waals surface area (Å²) in [5.74, 6) is 1.20. The van der Waals surface area contributed by atoms with Gasteiger partial charge in [-0.2, -0.15) is 0 Å². The van der Waals surface area contributed by atoms with Crippen molar-refractivity contribution < 1.29 is 0 Å². The third kappa shape index (κ3) is 1.91. The molecule has 0 saturated heterocycles. The van der Waals surface area contributed by atoms with Crippen LogP contribution < -0.4 is 10.6 Å². The Bertz CT molecular complexity index is 514. The summed E-state index contributed by atoms with van der Waals surface area (Å²) in [5.41, 5.74) is 7.20. The van der Waals surface area contributed by atoms with Crippen molar-refractivity contribution in [3.63, 3.8) is 0 Å². The number of benzene rings is 1. The van der Waals surface area contributed by atoms with Crippen LogP contribution in [0.4, 0.5) is 5.69 Å². The number of aliphatic imine (C=N–C) groups is 1. The summed E-state index contributed by atoms with van der Waals surface area (Å²) in [6.45, 7) is 3.11. The SMILES string of the molecule is CC1CCCCC12CN=C(N)N2c1ccccc1Cl. The highest BCUT2D eigenvalue weighted by molar-refractivity contribution is 6.34. The Kier molecular flexibility index (Phi) is 3.17. The topological polar surface area (TPSA) is 41.6 Å². The molecule has 3 nitrogen and oxygen atoms in total. The molecule has 1 spiro atoms. The van der Waals surface area contributed by atoms with Crippen LogP contribution in [-0.4, -0.2) is 18.0 Å². The van der Waals surface area contributed by atoms with Crippen LogP contribution >= 0.6 is 11.6 Å². The van der Waals surface area contributed by atoms with E-state index >= 15 is 0 Å². The largest absolute Gasteiger partial charge is 0.369 e. The van der Waals surface area contributed by atoms with Crippen molar-refractivity contribution in [2.24, 2.45) is 16.6 Å². The molecule has 1 heterocycles. The molecule has 3 rings (SSSR count). The number of guanidine groups is 1. The zero-order chi connectivity index (χ0) is 13.5. The van der Waals surface area contributed by atoms with E-state index in [-0.39, 0.29) is 5.54 Å². The van der Waals surface area contributed by atoms with Gasteiger partial charge in [-0.15, -0.1) is 0 Å². The van der Waals surface area contributed by atoms with Gasteiger partial charge in [-0.3, -0.25) is 4.99 Å². The number of rotatable bonds is 1. The van der Waals surface area contributed by atoms with Crippen LogP contribution in [0.5, 0.6) is 0 Å². The first-order valence-electron chi connectivity index (χ1n) is 7.00. The number of hydrogen-bond donors (Lipinski definition) is 1. The second-order valence-corrected chi connectivity index (χ2v) is 6.12. The van der Waals surface area contributed by atoms with Crippen LogP contribution in [0.15, 0.2) is 29.3 Å². The van der Waals surface area contributed by atoms with Crippen molar-refractivity contribution in [3.05, 3.63) is 29.3 Å². The number of halogens is 1. The molecule has 2 aliphatic rings. The van der Waals surface area contributed by atoms with E-state index in [4.69, 9.17) is 17.3 Å². The molecule has 1 aliphatic heterocycles. The van der Waals surface area contributed by atoms with E-state index in [2.05, 4.69) is 16.8 Å². The molecular formula is C15H20ClN3. The Morgan fingerprint density at radius 1 is 1.37 bits per heavy atom. The molecule has 19 heavy (non-hydrogen) atoms. The predicted octanol–water partition coefficient (Wildman–Crippen LogP) is 3.42. The second-order valence-electron chi connectivity index (χ2n) is 5.71. The Balaban J connectivity index is 2.06. The molecule has 0 bridgehead atoms. The van der Waals surface area contributed by atoms with Crippen molar-refractivity contribution in [3.8, 4) is 0 Å². The predicted molar refractivity (Wildman–Crippen MR) is 80.8 cm³/mol. The normalized spacial score (nSPS) is 30.7. The summed E-state index contributed by atoms with van der Waals surface area (Å²) in [6.07, 6.45) is 4.93. The maximum Gasteiger partial charge on any atom is 0.196 e. The first-order valence-corrected chi connectivity index (χ1v) is 7.38. The van der Waals surface area contributed by atoms with Crippen LogP contribution in [0.2, 0.25) is 5.02 Å². The van der Waals surface area contributed by atoms with Crippen LogP contribution in [-0.2, 0) is 0 Å². The van der Waals surface area contributed by atoms with Gasteiger partial charge in [0, 0.05) is 0 Å². The summed E-state index contributed by atoms with van der Waals surface area (Å²) in [4.78, 5) is 6.72. The zero-order valence-electron chi connectivity index (χ0n) is 11.3. The maximum absolute atomic E-state index is 6.37. The lowest BCUT2D eigenvalue weighted by Gasteiger charge is -2.46. The highest BCUT2D eigenvalue weighted by atomic mass is 35.5. The molecule has 2 N–H and O–H groups in total. The van der Waals surface area contributed by atoms with Gasteiger partial charge in [0.1, 0.15) is 0 Å². The first kappa shape index (κ1) is 12.8. The summed E-state index contributed by atoms with van der Waals surface area (Å²) in [6, 6.07) is 7.92. The summed E-state index contributed by atoms with van der Waals surface area (Å²) < 4.78 is 0. The van der Waals surface area contributed by atoms with Gasteiger partial charge in [0.15, 0.2) is 5.96 Å². The molecular weight excluding hydrogens is 258 g/mol. The number of hydrogen-bond acceptors (Lipinski definition) is 3. The van der Waals surface area contributed by atoms with E-state index in [1.165, 1.54) is 19.3 Å². The van der Waals surface area contributed by atoms with E-state index < -0.39 is 0 Å². The van der Waals surface area contributed by atoms with Gasteiger partial charge in [0.05, 0.1) is 22.8 Å². The molecule has 0 amide bonds. The Hall–Kier alpha value is -1.22. The second kappa shape index (κ2) is 4.71. The molecule has 0 radical (unpaired) electrons. The third-order valence-electron chi connectivity index (χ3n) is 4.70. The maximum atomic E-state index is 6.37. The van der Waals surface area contributed by atoms with E-state index in [0.717, 1.165) is 23.7 Å². The van der Waals surface area contributed by atoms with Gasteiger partial charge in [0.25, 0.3) is 0 Å². The fraction of sp³-hybridized carbons (Fsp3) is 0.533. The van der Waals surface area contributed by atoms with Gasteiger partial charge in [0.2, 0.25) is 0 Å². The number of nitrogens with two attached hydrogens (primary N) is 1. The van der Waals surface area contributed by atoms with Gasteiger partial charge < -0.3 is 10.6 Å². The molecule has 1 saturated carbocycles.